The third-order valence-corrected chi connectivity index (χ3v) is 4.59. The highest BCUT2D eigenvalue weighted by molar-refractivity contribution is 5.74. The summed E-state index contributed by atoms with van der Waals surface area (Å²) in [6.45, 7) is 1.10. The van der Waals surface area contributed by atoms with Crippen LogP contribution in [0.3, 0.4) is 0 Å². The van der Waals surface area contributed by atoms with E-state index in [0.29, 0.717) is 13.1 Å². The number of carbonyl (C=O) groups excluding carboxylic acids is 1. The Kier molecular flexibility index (Phi) is 4.62. The number of nitrogens with one attached hydrogen (secondary N) is 2. The smallest absolute Gasteiger partial charge is 0.315 e. The van der Waals surface area contributed by atoms with E-state index in [9.17, 15) is 9.90 Å². The van der Waals surface area contributed by atoms with E-state index in [1.165, 1.54) is 0 Å². The molecule has 3 N–H and O–H groups in total. The summed E-state index contributed by atoms with van der Waals surface area (Å²) in [5.74, 6) is 0. The molecule has 2 amide bonds. The first-order valence-corrected chi connectivity index (χ1v) is 7.91. The number of hydrogen-bond acceptors (Lipinski definition) is 3. The second-order valence-corrected chi connectivity index (χ2v) is 6.15. The Hall–Kier alpha value is -2.34. The van der Waals surface area contributed by atoms with Crippen molar-refractivity contribution in [2.75, 3.05) is 13.2 Å². The Morgan fingerprint density at radius 2 is 2.13 bits per heavy atom. The first-order chi connectivity index (χ1) is 11.2. The molecular formula is C17H22N4O2. The predicted molar refractivity (Wildman–Crippen MR) is 87.2 cm³/mol. The highest BCUT2D eigenvalue weighted by Gasteiger charge is 2.36. The van der Waals surface area contributed by atoms with Crippen molar-refractivity contribution in [1.29, 1.82) is 0 Å². The largest absolute Gasteiger partial charge is 0.396 e. The zero-order chi connectivity index (χ0) is 16.1. The topological polar surface area (TPSA) is 79.2 Å². The molecule has 1 aromatic carbocycles. The fourth-order valence-corrected chi connectivity index (χ4v) is 2.89. The van der Waals surface area contributed by atoms with E-state index in [-0.39, 0.29) is 18.1 Å². The van der Waals surface area contributed by atoms with Crippen LogP contribution in [0.15, 0.2) is 43.0 Å². The third-order valence-electron chi connectivity index (χ3n) is 4.59. The van der Waals surface area contributed by atoms with Gasteiger partial charge in [0.2, 0.25) is 0 Å². The van der Waals surface area contributed by atoms with Crippen molar-refractivity contribution in [1.82, 2.24) is 20.2 Å². The van der Waals surface area contributed by atoms with Crippen LogP contribution in [0.5, 0.6) is 0 Å². The van der Waals surface area contributed by atoms with Gasteiger partial charge < -0.3 is 20.3 Å². The second-order valence-electron chi connectivity index (χ2n) is 6.15. The van der Waals surface area contributed by atoms with Crippen LogP contribution in [0.2, 0.25) is 0 Å². The molecule has 2 aromatic rings. The molecule has 1 aliphatic rings. The highest BCUT2D eigenvalue weighted by atomic mass is 16.3. The van der Waals surface area contributed by atoms with Gasteiger partial charge >= 0.3 is 6.03 Å². The highest BCUT2D eigenvalue weighted by Crippen LogP contribution is 2.39. The van der Waals surface area contributed by atoms with Crippen LogP contribution in [0.4, 0.5) is 4.79 Å². The van der Waals surface area contributed by atoms with Crippen molar-refractivity contribution in [2.24, 2.45) is 5.41 Å². The minimum absolute atomic E-state index is 0.105. The maximum absolute atomic E-state index is 12.0. The molecule has 0 spiro atoms. The molecule has 1 saturated carbocycles. The van der Waals surface area contributed by atoms with Crippen molar-refractivity contribution < 1.29 is 9.90 Å². The zero-order valence-electron chi connectivity index (χ0n) is 13.0. The Morgan fingerprint density at radius 3 is 2.78 bits per heavy atom. The van der Waals surface area contributed by atoms with E-state index in [0.717, 1.165) is 30.5 Å². The molecular weight excluding hydrogens is 292 g/mol. The van der Waals surface area contributed by atoms with Gasteiger partial charge in [0.15, 0.2) is 0 Å². The number of nitrogens with zero attached hydrogens (tertiary/aromatic N) is 2. The lowest BCUT2D eigenvalue weighted by atomic mass is 9.69. The first kappa shape index (κ1) is 15.6. The van der Waals surface area contributed by atoms with E-state index in [4.69, 9.17) is 0 Å². The Morgan fingerprint density at radius 1 is 1.30 bits per heavy atom. The minimum atomic E-state index is -0.204. The van der Waals surface area contributed by atoms with Gasteiger partial charge in [-0.25, -0.2) is 9.78 Å². The molecule has 0 unspecified atom stereocenters. The van der Waals surface area contributed by atoms with Gasteiger partial charge in [-0.1, -0.05) is 24.6 Å². The number of benzene rings is 1. The SMILES string of the molecule is O=C(NCc1ccccc1-n1ccnc1)NCC1(CO)CCC1. The van der Waals surface area contributed by atoms with Gasteiger partial charge in [0.1, 0.15) is 0 Å². The lowest BCUT2D eigenvalue weighted by Gasteiger charge is -2.40. The van der Waals surface area contributed by atoms with Crippen molar-refractivity contribution >= 4 is 6.03 Å². The summed E-state index contributed by atoms with van der Waals surface area (Å²) in [6.07, 6.45) is 8.42. The quantitative estimate of drug-likeness (QED) is 0.761. The number of amides is 2. The molecule has 0 aliphatic heterocycles. The summed E-state index contributed by atoms with van der Waals surface area (Å²) in [6, 6.07) is 7.68. The van der Waals surface area contributed by atoms with Gasteiger partial charge in [0.05, 0.1) is 18.6 Å². The molecule has 3 rings (SSSR count). The molecule has 1 heterocycles. The summed E-state index contributed by atoms with van der Waals surface area (Å²) in [4.78, 5) is 16.0. The van der Waals surface area contributed by atoms with Crippen LogP contribution in [0.25, 0.3) is 5.69 Å². The van der Waals surface area contributed by atoms with Gasteiger partial charge in [-0.15, -0.1) is 0 Å². The summed E-state index contributed by atoms with van der Waals surface area (Å²) >= 11 is 0. The van der Waals surface area contributed by atoms with Gasteiger partial charge in [-0.2, -0.15) is 0 Å². The second kappa shape index (κ2) is 6.83. The maximum atomic E-state index is 12.0. The average molecular weight is 314 g/mol. The van der Waals surface area contributed by atoms with Gasteiger partial charge in [0, 0.05) is 30.9 Å². The summed E-state index contributed by atoms with van der Waals surface area (Å²) in [7, 11) is 0. The van der Waals surface area contributed by atoms with Crippen molar-refractivity contribution in [3.63, 3.8) is 0 Å². The van der Waals surface area contributed by atoms with Crippen LogP contribution in [-0.2, 0) is 6.54 Å². The number of aliphatic hydroxyl groups is 1. The molecule has 1 aliphatic carbocycles. The van der Waals surface area contributed by atoms with Crippen LogP contribution in [-0.4, -0.2) is 33.8 Å². The first-order valence-electron chi connectivity index (χ1n) is 7.91. The summed E-state index contributed by atoms with van der Waals surface area (Å²) in [5.41, 5.74) is 1.91. The predicted octanol–water partition coefficient (Wildman–Crippen LogP) is 1.83. The van der Waals surface area contributed by atoms with E-state index in [2.05, 4.69) is 15.6 Å². The molecule has 0 radical (unpaired) electrons. The molecule has 1 fully saturated rings. The van der Waals surface area contributed by atoms with Crippen LogP contribution in [0.1, 0.15) is 24.8 Å². The zero-order valence-corrected chi connectivity index (χ0v) is 13.0. The molecule has 6 nitrogen and oxygen atoms in total. The number of aliphatic hydroxyl groups excluding tert-OH is 1. The summed E-state index contributed by atoms with van der Waals surface area (Å²) < 4.78 is 1.92. The number of hydrogen-bond donors (Lipinski definition) is 3. The fraction of sp³-hybridized carbons (Fsp3) is 0.412. The van der Waals surface area contributed by atoms with Crippen molar-refractivity contribution in [3.05, 3.63) is 48.5 Å². The molecule has 1 aromatic heterocycles. The fourth-order valence-electron chi connectivity index (χ4n) is 2.89. The number of para-hydroxylation sites is 1. The number of imidazole rings is 1. The van der Waals surface area contributed by atoms with E-state index in [1.807, 2.05) is 35.0 Å². The molecule has 0 atom stereocenters. The number of urea groups is 1. The number of aromatic nitrogens is 2. The monoisotopic (exact) mass is 314 g/mol. The van der Waals surface area contributed by atoms with Crippen LogP contribution >= 0.6 is 0 Å². The van der Waals surface area contributed by atoms with Crippen LogP contribution < -0.4 is 10.6 Å². The Labute approximate surface area is 135 Å². The van der Waals surface area contributed by atoms with E-state index >= 15 is 0 Å². The molecule has 0 bridgehead atoms. The lowest BCUT2D eigenvalue weighted by Crippen LogP contribution is -2.47. The lowest BCUT2D eigenvalue weighted by molar-refractivity contribution is 0.0472. The summed E-state index contributed by atoms with van der Waals surface area (Å²) in [5, 5.41) is 15.2. The van der Waals surface area contributed by atoms with Crippen LogP contribution in [0, 0.1) is 5.41 Å². The van der Waals surface area contributed by atoms with Gasteiger partial charge in [-0.05, 0) is 24.5 Å². The molecule has 23 heavy (non-hydrogen) atoms. The maximum Gasteiger partial charge on any atom is 0.315 e. The normalized spacial score (nSPS) is 15.7. The molecule has 6 heteroatoms. The minimum Gasteiger partial charge on any atom is -0.396 e. The van der Waals surface area contributed by atoms with Crippen molar-refractivity contribution in [3.8, 4) is 5.69 Å². The van der Waals surface area contributed by atoms with Crippen molar-refractivity contribution in [2.45, 2.75) is 25.8 Å². The number of rotatable bonds is 6. The number of carbonyl (C=O) groups is 1. The average Bonchev–Trinajstić information content (AvgIpc) is 3.07. The van der Waals surface area contributed by atoms with Gasteiger partial charge in [-0.3, -0.25) is 0 Å². The van der Waals surface area contributed by atoms with E-state index < -0.39 is 0 Å². The molecule has 0 saturated heterocycles. The molecule has 122 valence electrons. The Bertz CT molecular complexity index is 645. The third kappa shape index (κ3) is 3.53. The standard InChI is InChI=1S/C17H22N4O2/c22-12-17(6-3-7-17)11-20-16(23)19-10-14-4-1-2-5-15(14)21-9-8-18-13-21/h1-2,4-5,8-9,13,22H,3,6-7,10-12H2,(H2,19,20,23). The van der Waals surface area contributed by atoms with Gasteiger partial charge in [0.25, 0.3) is 0 Å². The van der Waals surface area contributed by atoms with E-state index in [1.54, 1.807) is 12.5 Å². The Balaban J connectivity index is 1.55.